The molecule has 0 saturated heterocycles. The summed E-state index contributed by atoms with van der Waals surface area (Å²) in [7, 11) is 0. The van der Waals surface area contributed by atoms with Crippen molar-refractivity contribution in [3.05, 3.63) is 17.7 Å². The Morgan fingerprint density at radius 1 is 1.12 bits per heavy atom. The number of ether oxygens (including phenoxy) is 3. The minimum absolute atomic E-state index is 0.00475. The zero-order chi connectivity index (χ0) is 18.1. The van der Waals surface area contributed by atoms with Crippen LogP contribution in [0.5, 0.6) is 17.2 Å². The molecule has 1 aromatic rings. The lowest BCUT2D eigenvalue weighted by atomic mass is 10.00. The predicted octanol–water partition coefficient (Wildman–Crippen LogP) is 3.62. The molecule has 4 heteroatoms. The van der Waals surface area contributed by atoms with E-state index in [1.807, 2.05) is 6.92 Å². The smallest absolute Gasteiger partial charge is 0.206 e. The molecule has 1 aromatic carbocycles. The molecule has 0 radical (unpaired) electrons. The molecule has 0 aliphatic carbocycles. The Kier molecular flexibility index (Phi) is 4.54. The topological polar surface area (TPSA) is 44.8 Å². The highest BCUT2D eigenvalue weighted by Crippen LogP contribution is 2.45. The van der Waals surface area contributed by atoms with Gasteiger partial charge in [0.05, 0.1) is 5.56 Å². The van der Waals surface area contributed by atoms with Crippen molar-refractivity contribution in [2.24, 2.45) is 0 Å². The van der Waals surface area contributed by atoms with E-state index in [0.717, 1.165) is 0 Å². The molecule has 0 bridgehead atoms. The third-order valence-electron chi connectivity index (χ3n) is 3.59. The van der Waals surface area contributed by atoms with Crippen LogP contribution >= 0.6 is 0 Å². The molecule has 0 fully saturated rings. The Hall–Kier alpha value is -2.59. The Morgan fingerprint density at radius 2 is 1.71 bits per heavy atom. The fourth-order valence-corrected chi connectivity index (χ4v) is 2.26. The normalized spacial score (nSPS) is 17.1. The first-order valence-corrected chi connectivity index (χ1v) is 7.79. The van der Waals surface area contributed by atoms with Crippen LogP contribution in [0.15, 0.2) is 12.1 Å². The van der Waals surface area contributed by atoms with Crippen LogP contribution in [-0.4, -0.2) is 23.1 Å². The standard InChI is InChI=1S/C20H22O4/c1-8-19(4,5)23-16-11-10-14-15(21)12-13(3)22-17(14)18(16)24-20(6,7)9-2/h1-2,10-11,13H,12H2,3-7H3. The third kappa shape index (κ3) is 3.66. The van der Waals surface area contributed by atoms with Gasteiger partial charge >= 0.3 is 0 Å². The number of hydrogen-bond donors (Lipinski definition) is 0. The van der Waals surface area contributed by atoms with Gasteiger partial charge in [-0.25, -0.2) is 0 Å². The average molecular weight is 326 g/mol. The van der Waals surface area contributed by atoms with E-state index in [9.17, 15) is 4.79 Å². The van der Waals surface area contributed by atoms with Crippen LogP contribution in [0.2, 0.25) is 0 Å². The molecule has 1 atom stereocenters. The number of Topliss-reactive ketones (excluding diaryl/α,β-unsaturated/α-hetero) is 1. The zero-order valence-electron chi connectivity index (χ0n) is 14.7. The minimum Gasteiger partial charge on any atom is -0.485 e. The first kappa shape index (κ1) is 17.8. The lowest BCUT2D eigenvalue weighted by Gasteiger charge is -2.30. The van der Waals surface area contributed by atoms with Crippen LogP contribution in [0.25, 0.3) is 0 Å². The summed E-state index contributed by atoms with van der Waals surface area (Å²) in [4.78, 5) is 12.3. The SMILES string of the molecule is C#CC(C)(C)Oc1ccc2c(c1OC(C)(C)C#C)OC(C)CC2=O. The molecule has 126 valence electrons. The number of terminal acetylenes is 2. The fourth-order valence-electron chi connectivity index (χ4n) is 2.26. The van der Waals surface area contributed by atoms with E-state index in [1.54, 1.807) is 39.8 Å². The van der Waals surface area contributed by atoms with Crippen LogP contribution in [0, 0.1) is 24.7 Å². The van der Waals surface area contributed by atoms with E-state index in [2.05, 4.69) is 11.8 Å². The quantitative estimate of drug-likeness (QED) is 0.793. The molecular weight excluding hydrogens is 304 g/mol. The molecule has 0 saturated carbocycles. The van der Waals surface area contributed by atoms with Gasteiger partial charge < -0.3 is 14.2 Å². The van der Waals surface area contributed by atoms with Crippen molar-refractivity contribution in [3.8, 4) is 41.9 Å². The van der Waals surface area contributed by atoms with E-state index in [-0.39, 0.29) is 11.9 Å². The number of carbonyl (C=O) groups is 1. The number of ketones is 1. The van der Waals surface area contributed by atoms with Gasteiger partial charge in [0.1, 0.15) is 6.10 Å². The highest BCUT2D eigenvalue weighted by molar-refractivity contribution is 6.01. The van der Waals surface area contributed by atoms with Crippen LogP contribution in [0.1, 0.15) is 51.4 Å². The summed E-state index contributed by atoms with van der Waals surface area (Å²) in [5.41, 5.74) is -1.29. The van der Waals surface area contributed by atoms with Crippen molar-refractivity contribution in [3.63, 3.8) is 0 Å². The second-order valence-electron chi connectivity index (χ2n) is 6.84. The van der Waals surface area contributed by atoms with Gasteiger partial charge in [-0.3, -0.25) is 4.79 Å². The summed E-state index contributed by atoms with van der Waals surface area (Å²) in [5.74, 6) is 6.17. The number of carbonyl (C=O) groups excluding carboxylic acids is 1. The van der Waals surface area contributed by atoms with E-state index in [0.29, 0.717) is 29.2 Å². The van der Waals surface area contributed by atoms with Crippen LogP contribution in [0.3, 0.4) is 0 Å². The summed E-state index contributed by atoms with van der Waals surface area (Å²) in [6.07, 6.45) is 11.1. The maximum atomic E-state index is 12.3. The molecule has 0 N–H and O–H groups in total. The lowest BCUT2D eigenvalue weighted by Crippen LogP contribution is -2.31. The van der Waals surface area contributed by atoms with Crippen LogP contribution < -0.4 is 14.2 Å². The highest BCUT2D eigenvalue weighted by atomic mass is 16.6. The van der Waals surface area contributed by atoms with Crippen molar-refractivity contribution in [2.45, 2.75) is 58.3 Å². The lowest BCUT2D eigenvalue weighted by molar-refractivity contribution is 0.0834. The monoisotopic (exact) mass is 326 g/mol. The second kappa shape index (κ2) is 6.13. The number of fused-ring (bicyclic) bond motifs is 1. The second-order valence-corrected chi connectivity index (χ2v) is 6.84. The molecule has 0 spiro atoms. The molecule has 2 rings (SSSR count). The maximum Gasteiger partial charge on any atom is 0.206 e. The van der Waals surface area contributed by atoms with Crippen LogP contribution in [-0.2, 0) is 0 Å². The van der Waals surface area contributed by atoms with Gasteiger partial charge in [-0.05, 0) is 46.8 Å². The van der Waals surface area contributed by atoms with Gasteiger partial charge in [0.25, 0.3) is 0 Å². The van der Waals surface area contributed by atoms with Crippen LogP contribution in [0.4, 0.5) is 0 Å². The van der Waals surface area contributed by atoms with Gasteiger partial charge in [0, 0.05) is 6.42 Å². The summed E-state index contributed by atoms with van der Waals surface area (Å²) in [6, 6.07) is 3.33. The molecule has 0 amide bonds. The Morgan fingerprint density at radius 3 is 2.29 bits per heavy atom. The van der Waals surface area contributed by atoms with Gasteiger partial charge in [-0.15, -0.1) is 12.8 Å². The zero-order valence-corrected chi connectivity index (χ0v) is 14.7. The predicted molar refractivity (Wildman–Crippen MR) is 92.6 cm³/mol. The highest BCUT2D eigenvalue weighted by Gasteiger charge is 2.33. The molecule has 4 nitrogen and oxygen atoms in total. The maximum absolute atomic E-state index is 12.3. The summed E-state index contributed by atoms with van der Waals surface area (Å²) in [5, 5.41) is 0. The third-order valence-corrected chi connectivity index (χ3v) is 3.59. The Bertz CT molecular complexity index is 744. The summed E-state index contributed by atoms with van der Waals surface area (Å²) < 4.78 is 17.7. The fraction of sp³-hybridized carbons (Fsp3) is 0.450. The number of benzene rings is 1. The summed E-state index contributed by atoms with van der Waals surface area (Å²) in [6.45, 7) is 8.84. The van der Waals surface area contributed by atoms with Crippen molar-refractivity contribution in [1.29, 1.82) is 0 Å². The average Bonchev–Trinajstić information content (AvgIpc) is 2.49. The van der Waals surface area contributed by atoms with Gasteiger partial charge in [0.15, 0.2) is 28.5 Å². The molecule has 1 heterocycles. The Balaban J connectivity index is 2.60. The van der Waals surface area contributed by atoms with E-state index < -0.39 is 11.2 Å². The molecular formula is C20H22O4. The minimum atomic E-state index is -0.902. The number of hydrogen-bond acceptors (Lipinski definition) is 4. The van der Waals surface area contributed by atoms with Gasteiger partial charge in [0.2, 0.25) is 5.75 Å². The largest absolute Gasteiger partial charge is 0.485 e. The number of rotatable bonds is 4. The first-order valence-electron chi connectivity index (χ1n) is 7.79. The van der Waals surface area contributed by atoms with E-state index >= 15 is 0 Å². The summed E-state index contributed by atoms with van der Waals surface area (Å²) >= 11 is 0. The molecule has 0 aromatic heterocycles. The van der Waals surface area contributed by atoms with Crippen molar-refractivity contribution in [2.75, 3.05) is 0 Å². The van der Waals surface area contributed by atoms with Gasteiger partial charge in [-0.2, -0.15) is 0 Å². The van der Waals surface area contributed by atoms with Crippen molar-refractivity contribution < 1.29 is 19.0 Å². The van der Waals surface area contributed by atoms with Gasteiger partial charge in [-0.1, -0.05) is 11.8 Å². The molecule has 1 unspecified atom stereocenters. The van der Waals surface area contributed by atoms with Crippen molar-refractivity contribution >= 4 is 5.78 Å². The molecule has 24 heavy (non-hydrogen) atoms. The molecule has 1 aliphatic heterocycles. The van der Waals surface area contributed by atoms with E-state index in [4.69, 9.17) is 27.1 Å². The van der Waals surface area contributed by atoms with Crippen molar-refractivity contribution in [1.82, 2.24) is 0 Å². The van der Waals surface area contributed by atoms with E-state index in [1.165, 1.54) is 0 Å². The molecule has 1 aliphatic rings. The Labute approximate surface area is 143 Å². The first-order chi connectivity index (χ1) is 11.1.